The molecule has 2 amide bonds. The number of amides is 2. The Balaban J connectivity index is 1.45. The number of carbonyl (C=O) groups is 2. The summed E-state index contributed by atoms with van der Waals surface area (Å²) in [7, 11) is 0. The second-order valence-electron chi connectivity index (χ2n) is 8.17. The molecule has 0 aliphatic carbocycles. The van der Waals surface area contributed by atoms with Crippen LogP contribution in [0.1, 0.15) is 23.2 Å². The molecule has 33 heavy (non-hydrogen) atoms. The van der Waals surface area contributed by atoms with Gasteiger partial charge in [0.1, 0.15) is 5.82 Å². The first-order valence-corrected chi connectivity index (χ1v) is 10.7. The van der Waals surface area contributed by atoms with Gasteiger partial charge in [-0.1, -0.05) is 54.6 Å². The molecule has 5 rings (SSSR count). The largest absolute Gasteiger partial charge is 0.274 e. The van der Waals surface area contributed by atoms with E-state index in [0.29, 0.717) is 34.9 Å². The summed E-state index contributed by atoms with van der Waals surface area (Å²) in [4.78, 5) is 38.8. The van der Waals surface area contributed by atoms with Gasteiger partial charge in [0.25, 0.3) is 5.56 Å². The summed E-state index contributed by atoms with van der Waals surface area (Å²) >= 11 is 0. The van der Waals surface area contributed by atoms with Gasteiger partial charge in [0.05, 0.1) is 22.7 Å². The molecule has 1 atom stereocenters. The molecule has 1 unspecified atom stereocenters. The molecule has 4 aromatic rings. The fourth-order valence-corrected chi connectivity index (χ4v) is 4.35. The minimum absolute atomic E-state index is 0.0451. The van der Waals surface area contributed by atoms with E-state index in [-0.39, 0.29) is 17.7 Å². The van der Waals surface area contributed by atoms with Crippen LogP contribution < -0.4 is 10.5 Å². The highest BCUT2D eigenvalue weighted by atomic mass is 19.1. The topological polar surface area (TPSA) is 83.1 Å². The van der Waals surface area contributed by atoms with Gasteiger partial charge in [0, 0.05) is 18.2 Å². The van der Waals surface area contributed by atoms with Crippen LogP contribution in [0.2, 0.25) is 0 Å². The average molecular weight is 441 g/mol. The molecule has 1 saturated heterocycles. The lowest BCUT2D eigenvalue weighted by Gasteiger charge is -2.17. The Bertz CT molecular complexity index is 1430. The number of H-pyrrole nitrogens is 1. The van der Waals surface area contributed by atoms with E-state index in [1.807, 2.05) is 36.4 Å². The van der Waals surface area contributed by atoms with E-state index < -0.39 is 23.5 Å². The molecular weight excluding hydrogens is 421 g/mol. The van der Waals surface area contributed by atoms with Gasteiger partial charge < -0.3 is 0 Å². The van der Waals surface area contributed by atoms with Crippen molar-refractivity contribution in [1.82, 2.24) is 10.2 Å². The molecular formula is C26H20FN3O3. The van der Waals surface area contributed by atoms with Gasteiger partial charge in [-0.3, -0.25) is 14.4 Å². The fraction of sp³-hybridized carbons (Fsp3) is 0.154. The molecule has 1 aromatic heterocycles. The number of nitrogens with zero attached hydrogens (tertiary/aromatic N) is 2. The molecule has 1 N–H and O–H groups in total. The Morgan fingerprint density at radius 1 is 0.909 bits per heavy atom. The number of fused-ring (bicyclic) bond motifs is 1. The third-order valence-corrected chi connectivity index (χ3v) is 5.96. The van der Waals surface area contributed by atoms with E-state index in [0.717, 1.165) is 10.5 Å². The van der Waals surface area contributed by atoms with E-state index >= 15 is 0 Å². The monoisotopic (exact) mass is 441 g/mol. The van der Waals surface area contributed by atoms with Gasteiger partial charge in [0.2, 0.25) is 11.8 Å². The lowest BCUT2D eigenvalue weighted by Crippen LogP contribution is -2.31. The Labute approximate surface area is 188 Å². The van der Waals surface area contributed by atoms with Crippen LogP contribution in [-0.4, -0.2) is 22.0 Å². The minimum atomic E-state index is -0.639. The third-order valence-electron chi connectivity index (χ3n) is 5.96. The molecule has 0 spiro atoms. The summed E-state index contributed by atoms with van der Waals surface area (Å²) in [6.07, 6.45) is 0.772. The Morgan fingerprint density at radius 2 is 1.64 bits per heavy atom. The first-order chi connectivity index (χ1) is 16.0. The highest BCUT2D eigenvalue weighted by molar-refractivity contribution is 6.21. The molecule has 164 valence electrons. The van der Waals surface area contributed by atoms with E-state index in [1.54, 1.807) is 24.3 Å². The summed E-state index contributed by atoms with van der Waals surface area (Å²) in [5.41, 5.74) is 1.90. The van der Waals surface area contributed by atoms with Crippen molar-refractivity contribution in [3.8, 4) is 0 Å². The van der Waals surface area contributed by atoms with Crippen molar-refractivity contribution in [2.45, 2.75) is 19.3 Å². The van der Waals surface area contributed by atoms with Crippen LogP contribution in [0.4, 0.5) is 10.1 Å². The number of aromatic nitrogens is 2. The van der Waals surface area contributed by atoms with Crippen LogP contribution in [0.25, 0.3) is 10.8 Å². The lowest BCUT2D eigenvalue weighted by molar-refractivity contribution is -0.122. The standard InChI is InChI=1S/C26H20FN3O3/c27-21-11-10-17(13-22-19-8-4-5-9-20(19)25(32)29-28-22)14-23(21)30-24(31)15-18(26(30)33)12-16-6-2-1-3-7-16/h1-11,14,18H,12-13,15H2,(H,29,32). The van der Waals surface area contributed by atoms with Crippen LogP contribution in [0.15, 0.2) is 77.6 Å². The van der Waals surface area contributed by atoms with Crippen LogP contribution in [0.3, 0.4) is 0 Å². The summed E-state index contributed by atoms with van der Waals surface area (Å²) in [5, 5.41) is 7.86. The van der Waals surface area contributed by atoms with Crippen molar-refractivity contribution >= 4 is 28.3 Å². The van der Waals surface area contributed by atoms with Crippen molar-refractivity contribution in [3.05, 3.63) is 106 Å². The number of benzene rings is 3. The number of nitrogens with one attached hydrogen (secondary N) is 1. The van der Waals surface area contributed by atoms with Crippen molar-refractivity contribution in [2.75, 3.05) is 4.90 Å². The first kappa shape index (κ1) is 20.8. The number of rotatable bonds is 5. The predicted octanol–water partition coefficient (Wildman–Crippen LogP) is 3.78. The molecule has 3 aromatic carbocycles. The van der Waals surface area contributed by atoms with E-state index in [4.69, 9.17) is 0 Å². The molecule has 2 heterocycles. The molecule has 6 nitrogen and oxygen atoms in total. The van der Waals surface area contributed by atoms with Crippen LogP contribution in [0.5, 0.6) is 0 Å². The van der Waals surface area contributed by atoms with Crippen molar-refractivity contribution in [1.29, 1.82) is 0 Å². The Hall–Kier alpha value is -4.13. The molecule has 0 radical (unpaired) electrons. The molecule has 7 heteroatoms. The summed E-state index contributed by atoms with van der Waals surface area (Å²) in [6, 6.07) is 20.9. The van der Waals surface area contributed by atoms with Crippen LogP contribution in [0, 0.1) is 11.7 Å². The average Bonchev–Trinajstić information content (AvgIpc) is 3.10. The fourth-order valence-electron chi connectivity index (χ4n) is 4.35. The highest BCUT2D eigenvalue weighted by Crippen LogP contribution is 2.32. The first-order valence-electron chi connectivity index (χ1n) is 10.7. The second kappa shape index (κ2) is 8.43. The molecule has 0 bridgehead atoms. The number of hydrogen-bond donors (Lipinski definition) is 1. The summed E-state index contributed by atoms with van der Waals surface area (Å²) in [6.45, 7) is 0. The van der Waals surface area contributed by atoms with E-state index in [1.165, 1.54) is 12.1 Å². The number of imide groups is 1. The Kier molecular flexibility index (Phi) is 5.30. The minimum Gasteiger partial charge on any atom is -0.274 e. The van der Waals surface area contributed by atoms with Gasteiger partial charge >= 0.3 is 0 Å². The zero-order valence-electron chi connectivity index (χ0n) is 17.6. The van der Waals surface area contributed by atoms with Crippen molar-refractivity contribution < 1.29 is 14.0 Å². The van der Waals surface area contributed by atoms with Crippen molar-refractivity contribution in [2.24, 2.45) is 5.92 Å². The van der Waals surface area contributed by atoms with Crippen LogP contribution >= 0.6 is 0 Å². The normalized spacial score (nSPS) is 16.0. The van der Waals surface area contributed by atoms with Crippen LogP contribution in [-0.2, 0) is 22.4 Å². The van der Waals surface area contributed by atoms with Gasteiger partial charge in [-0.25, -0.2) is 14.4 Å². The maximum atomic E-state index is 14.8. The SMILES string of the molecule is O=C1CC(Cc2ccccc2)C(=O)N1c1cc(Cc2n[nH]c(=O)c3ccccc23)ccc1F. The maximum absolute atomic E-state index is 14.8. The highest BCUT2D eigenvalue weighted by Gasteiger charge is 2.40. The maximum Gasteiger partial charge on any atom is 0.272 e. The third kappa shape index (κ3) is 3.93. The van der Waals surface area contributed by atoms with Crippen molar-refractivity contribution in [3.63, 3.8) is 0 Å². The van der Waals surface area contributed by atoms with Gasteiger partial charge in [-0.15, -0.1) is 0 Å². The zero-order chi connectivity index (χ0) is 22.9. The van der Waals surface area contributed by atoms with E-state index in [2.05, 4.69) is 10.2 Å². The van der Waals surface area contributed by atoms with Gasteiger partial charge in [-0.05, 0) is 35.7 Å². The number of carbonyl (C=O) groups excluding carboxylic acids is 2. The smallest absolute Gasteiger partial charge is 0.272 e. The molecule has 0 saturated carbocycles. The predicted molar refractivity (Wildman–Crippen MR) is 122 cm³/mol. The lowest BCUT2D eigenvalue weighted by atomic mass is 9.98. The molecule has 1 aliphatic rings. The van der Waals surface area contributed by atoms with Gasteiger partial charge in [0.15, 0.2) is 0 Å². The number of aromatic amines is 1. The van der Waals surface area contributed by atoms with Gasteiger partial charge in [-0.2, -0.15) is 5.10 Å². The zero-order valence-corrected chi connectivity index (χ0v) is 17.6. The van der Waals surface area contributed by atoms with E-state index in [9.17, 15) is 18.8 Å². The molecule has 1 fully saturated rings. The quantitative estimate of drug-likeness (QED) is 0.478. The Morgan fingerprint density at radius 3 is 2.42 bits per heavy atom. The number of anilines is 1. The number of hydrogen-bond acceptors (Lipinski definition) is 4. The summed E-state index contributed by atoms with van der Waals surface area (Å²) in [5.74, 6) is -1.97. The number of halogens is 1. The molecule has 1 aliphatic heterocycles. The summed E-state index contributed by atoms with van der Waals surface area (Å²) < 4.78 is 14.8. The second-order valence-corrected chi connectivity index (χ2v) is 8.17.